The van der Waals surface area contributed by atoms with Crippen molar-refractivity contribution in [1.82, 2.24) is 9.80 Å². The highest BCUT2D eigenvalue weighted by Gasteiger charge is 2.21. The summed E-state index contributed by atoms with van der Waals surface area (Å²) in [5.41, 5.74) is 2.41. The topological polar surface area (TPSA) is 42.0 Å². The Morgan fingerprint density at radius 1 is 0.889 bits per heavy atom. The Kier molecular flexibility index (Phi) is 6.71. The second kappa shape index (κ2) is 9.42. The van der Waals surface area contributed by atoms with Gasteiger partial charge in [-0.1, -0.05) is 36.4 Å². The molecule has 0 saturated carbocycles. The van der Waals surface area contributed by atoms with Gasteiger partial charge in [0.25, 0.3) is 0 Å². The van der Waals surface area contributed by atoms with Crippen LogP contribution in [0.3, 0.4) is 0 Å². The van der Waals surface area contributed by atoms with Crippen LogP contribution < -0.4 is 9.47 Å². The predicted molar refractivity (Wildman–Crippen MR) is 106 cm³/mol. The van der Waals surface area contributed by atoms with Gasteiger partial charge in [-0.05, 0) is 29.7 Å². The maximum Gasteiger partial charge on any atom is 0.222 e. The molecule has 0 spiro atoms. The summed E-state index contributed by atoms with van der Waals surface area (Å²) < 4.78 is 10.7. The third kappa shape index (κ3) is 5.23. The molecule has 2 aromatic carbocycles. The first-order valence-electron chi connectivity index (χ1n) is 9.44. The molecule has 1 saturated heterocycles. The minimum atomic E-state index is 0.254. The van der Waals surface area contributed by atoms with Gasteiger partial charge in [-0.15, -0.1) is 0 Å². The lowest BCUT2D eigenvalue weighted by molar-refractivity contribution is -0.133. The number of carbonyl (C=O) groups is 1. The van der Waals surface area contributed by atoms with Crippen molar-refractivity contribution in [3.63, 3.8) is 0 Å². The average molecular weight is 368 g/mol. The van der Waals surface area contributed by atoms with Gasteiger partial charge < -0.3 is 14.4 Å². The largest absolute Gasteiger partial charge is 0.493 e. The molecule has 1 aliphatic rings. The van der Waals surface area contributed by atoms with Gasteiger partial charge in [0.15, 0.2) is 11.5 Å². The molecule has 1 fully saturated rings. The monoisotopic (exact) mass is 368 g/mol. The van der Waals surface area contributed by atoms with Crippen LogP contribution in [0.5, 0.6) is 11.5 Å². The Labute approximate surface area is 161 Å². The highest BCUT2D eigenvalue weighted by molar-refractivity contribution is 5.76. The summed E-state index contributed by atoms with van der Waals surface area (Å²) >= 11 is 0. The lowest BCUT2D eigenvalue weighted by atomic mass is 10.1. The highest BCUT2D eigenvalue weighted by atomic mass is 16.5. The third-order valence-corrected chi connectivity index (χ3v) is 5.05. The van der Waals surface area contributed by atoms with E-state index in [2.05, 4.69) is 23.1 Å². The first-order chi connectivity index (χ1) is 13.2. The smallest absolute Gasteiger partial charge is 0.222 e. The number of hydrogen-bond acceptors (Lipinski definition) is 4. The molecule has 0 atom stereocenters. The summed E-state index contributed by atoms with van der Waals surface area (Å²) in [7, 11) is 3.30. The molecule has 27 heavy (non-hydrogen) atoms. The zero-order chi connectivity index (χ0) is 19.1. The minimum Gasteiger partial charge on any atom is -0.493 e. The lowest BCUT2D eigenvalue weighted by Gasteiger charge is -2.35. The van der Waals surface area contributed by atoms with Crippen molar-refractivity contribution in [2.45, 2.75) is 19.4 Å². The van der Waals surface area contributed by atoms with Crippen molar-refractivity contribution < 1.29 is 14.3 Å². The van der Waals surface area contributed by atoms with Gasteiger partial charge in [-0.3, -0.25) is 9.69 Å². The SMILES string of the molecule is COc1ccc(CN2CCN(C(=O)CCc3ccccc3)CC2)cc1OC. The summed E-state index contributed by atoms with van der Waals surface area (Å²) in [5.74, 6) is 1.75. The van der Waals surface area contributed by atoms with E-state index in [0.717, 1.165) is 50.6 Å². The normalized spacial score (nSPS) is 14.8. The second-order valence-electron chi connectivity index (χ2n) is 6.83. The van der Waals surface area contributed by atoms with Crippen molar-refractivity contribution in [2.75, 3.05) is 40.4 Å². The predicted octanol–water partition coefficient (Wildman–Crippen LogP) is 2.98. The number of amides is 1. The van der Waals surface area contributed by atoms with E-state index >= 15 is 0 Å². The number of methoxy groups -OCH3 is 2. The Morgan fingerprint density at radius 3 is 2.26 bits per heavy atom. The highest BCUT2D eigenvalue weighted by Crippen LogP contribution is 2.28. The molecule has 2 aromatic rings. The molecule has 5 nitrogen and oxygen atoms in total. The molecular weight excluding hydrogens is 340 g/mol. The van der Waals surface area contributed by atoms with Crippen LogP contribution in [-0.4, -0.2) is 56.1 Å². The van der Waals surface area contributed by atoms with Crippen LogP contribution in [-0.2, 0) is 17.8 Å². The van der Waals surface area contributed by atoms with Crippen LogP contribution in [0, 0.1) is 0 Å². The molecule has 0 N–H and O–H groups in total. The standard InChI is InChI=1S/C22H28N2O3/c1-26-20-10-8-19(16-21(20)27-2)17-23-12-14-24(15-13-23)22(25)11-9-18-6-4-3-5-7-18/h3-8,10,16H,9,11-15,17H2,1-2H3. The number of piperazine rings is 1. The van der Waals surface area contributed by atoms with Gasteiger partial charge >= 0.3 is 0 Å². The van der Waals surface area contributed by atoms with E-state index in [4.69, 9.17) is 9.47 Å². The van der Waals surface area contributed by atoms with Crippen LogP contribution in [0.1, 0.15) is 17.5 Å². The fourth-order valence-electron chi connectivity index (χ4n) is 3.45. The fourth-order valence-corrected chi connectivity index (χ4v) is 3.45. The maximum absolute atomic E-state index is 12.5. The van der Waals surface area contributed by atoms with Crippen molar-refractivity contribution in [3.05, 3.63) is 59.7 Å². The summed E-state index contributed by atoms with van der Waals surface area (Å²) in [5, 5.41) is 0. The van der Waals surface area contributed by atoms with E-state index in [9.17, 15) is 4.79 Å². The second-order valence-corrected chi connectivity index (χ2v) is 6.83. The Morgan fingerprint density at radius 2 is 1.59 bits per heavy atom. The first kappa shape index (κ1) is 19.2. The molecule has 0 radical (unpaired) electrons. The number of benzene rings is 2. The molecule has 1 amide bonds. The number of carbonyl (C=O) groups excluding carboxylic acids is 1. The summed E-state index contributed by atoms with van der Waals surface area (Å²) in [6, 6.07) is 16.2. The zero-order valence-electron chi connectivity index (χ0n) is 16.2. The van der Waals surface area contributed by atoms with Gasteiger partial charge in [0, 0.05) is 39.1 Å². The van der Waals surface area contributed by atoms with Crippen LogP contribution in [0.15, 0.2) is 48.5 Å². The van der Waals surface area contributed by atoms with E-state index in [0.29, 0.717) is 6.42 Å². The zero-order valence-corrected chi connectivity index (χ0v) is 16.2. The molecule has 0 aromatic heterocycles. The molecule has 3 rings (SSSR count). The van der Waals surface area contributed by atoms with Crippen molar-refractivity contribution >= 4 is 5.91 Å². The van der Waals surface area contributed by atoms with Crippen molar-refractivity contribution in [3.8, 4) is 11.5 Å². The summed E-state index contributed by atoms with van der Waals surface area (Å²) in [4.78, 5) is 16.8. The molecule has 1 heterocycles. The molecule has 0 unspecified atom stereocenters. The Hall–Kier alpha value is -2.53. The van der Waals surface area contributed by atoms with E-state index in [1.54, 1.807) is 14.2 Å². The third-order valence-electron chi connectivity index (χ3n) is 5.05. The first-order valence-corrected chi connectivity index (χ1v) is 9.44. The van der Waals surface area contributed by atoms with Crippen molar-refractivity contribution in [1.29, 1.82) is 0 Å². The maximum atomic E-state index is 12.5. The number of aryl methyl sites for hydroxylation is 1. The molecule has 1 aliphatic heterocycles. The molecule has 0 aliphatic carbocycles. The van der Waals surface area contributed by atoms with Gasteiger partial charge in [-0.2, -0.15) is 0 Å². The van der Waals surface area contributed by atoms with Crippen LogP contribution in [0.2, 0.25) is 0 Å². The van der Waals surface area contributed by atoms with Crippen LogP contribution >= 0.6 is 0 Å². The van der Waals surface area contributed by atoms with Gasteiger partial charge in [0.1, 0.15) is 0 Å². The minimum absolute atomic E-state index is 0.254. The lowest BCUT2D eigenvalue weighted by Crippen LogP contribution is -2.48. The van der Waals surface area contributed by atoms with E-state index in [-0.39, 0.29) is 5.91 Å². The fraction of sp³-hybridized carbons (Fsp3) is 0.409. The Balaban J connectivity index is 1.46. The van der Waals surface area contributed by atoms with Crippen LogP contribution in [0.4, 0.5) is 0 Å². The van der Waals surface area contributed by atoms with E-state index in [1.165, 1.54) is 11.1 Å². The number of rotatable bonds is 7. The van der Waals surface area contributed by atoms with Gasteiger partial charge in [0.05, 0.1) is 14.2 Å². The number of nitrogens with zero attached hydrogens (tertiary/aromatic N) is 2. The van der Waals surface area contributed by atoms with Crippen LogP contribution in [0.25, 0.3) is 0 Å². The molecule has 5 heteroatoms. The molecule has 144 valence electrons. The van der Waals surface area contributed by atoms with Crippen molar-refractivity contribution in [2.24, 2.45) is 0 Å². The Bertz CT molecular complexity index is 740. The summed E-state index contributed by atoms with van der Waals surface area (Å²) in [6.07, 6.45) is 1.39. The molecular formula is C22H28N2O3. The number of ether oxygens (including phenoxy) is 2. The summed E-state index contributed by atoms with van der Waals surface area (Å²) in [6.45, 7) is 4.23. The van der Waals surface area contributed by atoms with E-state index < -0.39 is 0 Å². The average Bonchev–Trinajstić information content (AvgIpc) is 2.73. The van der Waals surface area contributed by atoms with Gasteiger partial charge in [-0.25, -0.2) is 0 Å². The van der Waals surface area contributed by atoms with E-state index in [1.807, 2.05) is 35.2 Å². The molecule has 0 bridgehead atoms. The van der Waals surface area contributed by atoms with Gasteiger partial charge in [0.2, 0.25) is 5.91 Å². The quantitative estimate of drug-likeness (QED) is 0.754. The number of hydrogen-bond donors (Lipinski definition) is 0.